The molecule has 28 heavy (non-hydrogen) atoms. The molecule has 5 heteroatoms. The molecule has 148 valence electrons. The fraction of sp³-hybridized carbons (Fsp3) is 0.435. The molecule has 1 amide bonds. The summed E-state index contributed by atoms with van der Waals surface area (Å²) in [5.74, 6) is -0.591. The van der Waals surface area contributed by atoms with Crippen molar-refractivity contribution in [1.82, 2.24) is 9.80 Å². The molecule has 1 unspecified atom stereocenters. The topological polar surface area (TPSA) is 23.6 Å². The number of benzene rings is 2. The lowest BCUT2D eigenvalue weighted by Gasteiger charge is -2.28. The van der Waals surface area contributed by atoms with Crippen LogP contribution in [0.3, 0.4) is 0 Å². The van der Waals surface area contributed by atoms with E-state index < -0.39 is 5.82 Å². The van der Waals surface area contributed by atoms with E-state index in [0.717, 1.165) is 50.1 Å². The van der Waals surface area contributed by atoms with Gasteiger partial charge >= 0.3 is 0 Å². The van der Waals surface area contributed by atoms with E-state index in [1.54, 1.807) is 17.8 Å². The minimum absolute atomic E-state index is 0.163. The number of rotatable bonds is 5. The lowest BCUT2D eigenvalue weighted by molar-refractivity contribution is 0.0704. The second kappa shape index (κ2) is 8.66. The lowest BCUT2D eigenvalue weighted by atomic mass is 10.0. The second-order valence-electron chi connectivity index (χ2n) is 7.73. The number of carbonyl (C=O) groups is 1. The van der Waals surface area contributed by atoms with Crippen molar-refractivity contribution in [3.63, 3.8) is 0 Å². The summed E-state index contributed by atoms with van der Waals surface area (Å²) < 4.78 is 14.9. The number of halogens is 1. The van der Waals surface area contributed by atoms with Crippen LogP contribution in [0.4, 0.5) is 4.39 Å². The third-order valence-corrected chi connectivity index (χ3v) is 6.67. The predicted octanol–water partition coefficient (Wildman–Crippen LogP) is 4.92. The average molecular weight is 399 g/mol. The number of carbonyl (C=O) groups excluding carboxylic acids is 1. The SMILES string of the molecule is CSc1ccc(-c2ccc(C(=O)N3CCCC3CN3CCCC3)c(F)c2)cc1. The van der Waals surface area contributed by atoms with Gasteiger partial charge in [-0.25, -0.2) is 4.39 Å². The Labute approximate surface area is 170 Å². The van der Waals surface area contributed by atoms with Crippen molar-refractivity contribution >= 4 is 17.7 Å². The van der Waals surface area contributed by atoms with Crippen LogP contribution < -0.4 is 0 Å². The van der Waals surface area contributed by atoms with Crippen LogP contribution in [0, 0.1) is 5.82 Å². The fourth-order valence-corrected chi connectivity index (χ4v) is 4.77. The van der Waals surface area contributed by atoms with Gasteiger partial charge in [0.2, 0.25) is 0 Å². The van der Waals surface area contributed by atoms with Crippen LogP contribution in [-0.4, -0.2) is 54.2 Å². The summed E-state index contributed by atoms with van der Waals surface area (Å²) in [6, 6.07) is 13.3. The summed E-state index contributed by atoms with van der Waals surface area (Å²) in [5.41, 5.74) is 1.96. The first-order valence-corrected chi connectivity index (χ1v) is 11.4. The molecule has 0 bridgehead atoms. The normalized spacial score (nSPS) is 20.1. The lowest BCUT2D eigenvalue weighted by Crippen LogP contribution is -2.42. The Morgan fingerprint density at radius 3 is 2.43 bits per heavy atom. The van der Waals surface area contributed by atoms with Crippen molar-refractivity contribution in [2.75, 3.05) is 32.4 Å². The van der Waals surface area contributed by atoms with Gasteiger partial charge in [0.05, 0.1) is 5.56 Å². The van der Waals surface area contributed by atoms with Gasteiger partial charge in [0.15, 0.2) is 0 Å². The molecule has 3 nitrogen and oxygen atoms in total. The van der Waals surface area contributed by atoms with Crippen LogP contribution >= 0.6 is 11.8 Å². The second-order valence-corrected chi connectivity index (χ2v) is 8.61. The van der Waals surface area contributed by atoms with Crippen LogP contribution in [0.1, 0.15) is 36.0 Å². The van der Waals surface area contributed by atoms with Crippen molar-refractivity contribution in [3.8, 4) is 11.1 Å². The van der Waals surface area contributed by atoms with E-state index in [1.165, 1.54) is 23.8 Å². The maximum absolute atomic E-state index is 14.9. The average Bonchev–Trinajstić information content (AvgIpc) is 3.40. The van der Waals surface area contributed by atoms with Crippen LogP contribution in [0.15, 0.2) is 47.4 Å². The first-order valence-electron chi connectivity index (χ1n) is 10.1. The molecule has 2 aromatic rings. The summed E-state index contributed by atoms with van der Waals surface area (Å²) in [6.07, 6.45) is 6.54. The van der Waals surface area contributed by atoms with Crippen molar-refractivity contribution < 1.29 is 9.18 Å². The van der Waals surface area contributed by atoms with Gasteiger partial charge in [0.25, 0.3) is 5.91 Å². The molecule has 0 aliphatic carbocycles. The van der Waals surface area contributed by atoms with E-state index >= 15 is 0 Å². The van der Waals surface area contributed by atoms with Crippen LogP contribution in [0.25, 0.3) is 11.1 Å². The minimum Gasteiger partial charge on any atom is -0.334 e. The standard InChI is InChI=1S/C23H27FN2OS/c1-28-20-9-6-17(7-10-20)18-8-11-21(22(24)15-18)23(27)26-14-4-5-19(26)16-25-12-2-3-13-25/h6-11,15,19H,2-5,12-14,16H2,1H3. The van der Waals surface area contributed by atoms with E-state index in [0.29, 0.717) is 0 Å². The molecule has 0 saturated carbocycles. The summed E-state index contributed by atoms with van der Waals surface area (Å²) in [7, 11) is 0. The molecule has 2 heterocycles. The number of likely N-dealkylation sites (tertiary alicyclic amines) is 2. The number of nitrogens with zero attached hydrogens (tertiary/aromatic N) is 2. The highest BCUT2D eigenvalue weighted by Crippen LogP contribution is 2.27. The summed E-state index contributed by atoms with van der Waals surface area (Å²) >= 11 is 1.68. The molecular weight excluding hydrogens is 371 g/mol. The molecule has 4 rings (SSSR count). The number of thioether (sulfide) groups is 1. The van der Waals surface area contributed by atoms with E-state index in [4.69, 9.17) is 0 Å². The first-order chi connectivity index (χ1) is 13.7. The Kier molecular flexibility index (Phi) is 6.02. The Hall–Kier alpha value is -1.85. The van der Waals surface area contributed by atoms with Gasteiger partial charge in [-0.05, 0) is 80.4 Å². The number of hydrogen-bond acceptors (Lipinski definition) is 3. The Balaban J connectivity index is 1.50. The number of hydrogen-bond donors (Lipinski definition) is 0. The zero-order chi connectivity index (χ0) is 19.5. The Bertz CT molecular complexity index is 833. The monoisotopic (exact) mass is 398 g/mol. The quantitative estimate of drug-likeness (QED) is 0.668. The highest BCUT2D eigenvalue weighted by Gasteiger charge is 2.32. The van der Waals surface area contributed by atoms with Gasteiger partial charge in [0, 0.05) is 24.0 Å². The molecule has 0 radical (unpaired) electrons. The van der Waals surface area contributed by atoms with Gasteiger partial charge in [0.1, 0.15) is 5.82 Å². The van der Waals surface area contributed by atoms with Crippen molar-refractivity contribution in [2.45, 2.75) is 36.6 Å². The highest BCUT2D eigenvalue weighted by molar-refractivity contribution is 7.98. The van der Waals surface area contributed by atoms with Crippen LogP contribution in [0.5, 0.6) is 0 Å². The zero-order valence-corrected chi connectivity index (χ0v) is 17.2. The molecule has 0 N–H and O–H groups in total. The summed E-state index contributed by atoms with van der Waals surface area (Å²) in [5, 5.41) is 0. The van der Waals surface area contributed by atoms with Gasteiger partial charge in [-0.2, -0.15) is 0 Å². The summed E-state index contributed by atoms with van der Waals surface area (Å²) in [4.78, 5) is 18.6. The zero-order valence-electron chi connectivity index (χ0n) is 16.4. The van der Waals surface area contributed by atoms with E-state index in [1.807, 2.05) is 41.5 Å². The molecule has 1 atom stereocenters. The van der Waals surface area contributed by atoms with Gasteiger partial charge in [-0.15, -0.1) is 11.8 Å². The molecule has 0 spiro atoms. The van der Waals surface area contributed by atoms with Gasteiger partial charge < -0.3 is 9.80 Å². The largest absolute Gasteiger partial charge is 0.334 e. The highest BCUT2D eigenvalue weighted by atomic mass is 32.2. The molecule has 2 aliphatic rings. The van der Waals surface area contributed by atoms with Crippen molar-refractivity contribution in [1.29, 1.82) is 0 Å². The predicted molar refractivity (Wildman–Crippen MR) is 113 cm³/mol. The minimum atomic E-state index is -0.428. The molecule has 2 aliphatic heterocycles. The first kappa shape index (κ1) is 19.5. The van der Waals surface area contributed by atoms with Crippen molar-refractivity contribution in [3.05, 3.63) is 53.8 Å². The molecule has 0 aromatic heterocycles. The molecule has 2 saturated heterocycles. The van der Waals surface area contributed by atoms with E-state index in [-0.39, 0.29) is 17.5 Å². The molecular formula is C23H27FN2OS. The maximum atomic E-state index is 14.9. The fourth-order valence-electron chi connectivity index (χ4n) is 4.36. The van der Waals surface area contributed by atoms with Crippen molar-refractivity contribution in [2.24, 2.45) is 0 Å². The van der Waals surface area contributed by atoms with Gasteiger partial charge in [-0.3, -0.25) is 4.79 Å². The number of amides is 1. The Morgan fingerprint density at radius 2 is 1.75 bits per heavy atom. The van der Waals surface area contributed by atoms with Crippen LogP contribution in [-0.2, 0) is 0 Å². The van der Waals surface area contributed by atoms with Gasteiger partial charge in [-0.1, -0.05) is 18.2 Å². The maximum Gasteiger partial charge on any atom is 0.257 e. The van der Waals surface area contributed by atoms with E-state index in [9.17, 15) is 9.18 Å². The molecule has 2 fully saturated rings. The third kappa shape index (κ3) is 4.11. The Morgan fingerprint density at radius 1 is 1.04 bits per heavy atom. The smallest absolute Gasteiger partial charge is 0.257 e. The van der Waals surface area contributed by atoms with Crippen LogP contribution in [0.2, 0.25) is 0 Å². The third-order valence-electron chi connectivity index (χ3n) is 5.93. The van der Waals surface area contributed by atoms with E-state index in [2.05, 4.69) is 4.90 Å². The summed E-state index contributed by atoms with van der Waals surface area (Å²) in [6.45, 7) is 3.90. The molecule has 2 aromatic carbocycles.